The molecular weight excluding hydrogens is 148 g/mol. The monoisotopic (exact) mass is 164 g/mol. The molecule has 0 aromatic heterocycles. The molecule has 4 atom stereocenters. The maximum atomic E-state index is 5.58. The molecule has 1 aliphatic heterocycles. The van der Waals surface area contributed by atoms with Crippen molar-refractivity contribution in [2.24, 2.45) is 23.2 Å². The maximum absolute atomic E-state index is 5.58. The molecular formula is C11H16O. The highest BCUT2D eigenvalue weighted by molar-refractivity contribution is 5.31. The third-order valence-electron chi connectivity index (χ3n) is 4.17. The smallest absolute Gasteiger partial charge is 0.0566 e. The summed E-state index contributed by atoms with van der Waals surface area (Å²) in [5.74, 6) is 2.74. The summed E-state index contributed by atoms with van der Waals surface area (Å²) in [6.07, 6.45) is 7.55. The molecule has 3 aliphatic rings. The van der Waals surface area contributed by atoms with E-state index in [9.17, 15) is 0 Å². The summed E-state index contributed by atoms with van der Waals surface area (Å²) < 4.78 is 5.58. The lowest BCUT2D eigenvalue weighted by Gasteiger charge is -2.60. The molecule has 0 N–H and O–H groups in total. The maximum Gasteiger partial charge on any atom is 0.0566 e. The van der Waals surface area contributed by atoms with E-state index in [2.05, 4.69) is 19.1 Å². The van der Waals surface area contributed by atoms with E-state index in [0.29, 0.717) is 5.41 Å². The molecule has 1 heterocycles. The fourth-order valence-electron chi connectivity index (χ4n) is 3.50. The molecule has 2 aliphatic carbocycles. The van der Waals surface area contributed by atoms with Crippen molar-refractivity contribution in [3.05, 3.63) is 12.2 Å². The summed E-state index contributed by atoms with van der Waals surface area (Å²) in [5, 5.41) is 0. The van der Waals surface area contributed by atoms with Crippen LogP contribution in [0.4, 0.5) is 0 Å². The predicted molar refractivity (Wildman–Crippen MR) is 47.8 cm³/mol. The van der Waals surface area contributed by atoms with Crippen LogP contribution in [0.25, 0.3) is 0 Å². The third-order valence-corrected chi connectivity index (χ3v) is 4.17. The summed E-state index contributed by atoms with van der Waals surface area (Å²) in [6.45, 7) is 4.34. The fraction of sp³-hybridized carbons (Fsp3) is 0.818. The fourth-order valence-corrected chi connectivity index (χ4v) is 3.50. The van der Waals surface area contributed by atoms with Crippen molar-refractivity contribution in [2.45, 2.75) is 19.8 Å². The first kappa shape index (κ1) is 7.14. The van der Waals surface area contributed by atoms with Gasteiger partial charge < -0.3 is 4.74 Å². The second kappa shape index (κ2) is 2.14. The molecule has 0 aromatic rings. The molecule has 1 saturated heterocycles. The Morgan fingerprint density at radius 1 is 1.58 bits per heavy atom. The van der Waals surface area contributed by atoms with Crippen LogP contribution in [-0.2, 0) is 4.74 Å². The molecule has 12 heavy (non-hydrogen) atoms. The average Bonchev–Trinajstić information content (AvgIpc) is 2.45. The lowest BCUT2D eigenvalue weighted by Crippen LogP contribution is -2.58. The largest absolute Gasteiger partial charge is 0.380 e. The Bertz CT molecular complexity index is 233. The van der Waals surface area contributed by atoms with Crippen molar-refractivity contribution in [3.8, 4) is 0 Å². The van der Waals surface area contributed by atoms with Gasteiger partial charge in [0.25, 0.3) is 0 Å². The number of rotatable bonds is 2. The van der Waals surface area contributed by atoms with Crippen LogP contribution in [0.2, 0.25) is 0 Å². The Labute approximate surface area is 73.8 Å². The minimum Gasteiger partial charge on any atom is -0.380 e. The number of ether oxygens (including phenoxy) is 1. The van der Waals surface area contributed by atoms with E-state index in [-0.39, 0.29) is 0 Å². The minimum atomic E-state index is 0.542. The molecule has 3 rings (SSSR count). The summed E-state index contributed by atoms with van der Waals surface area (Å²) in [4.78, 5) is 0. The van der Waals surface area contributed by atoms with Gasteiger partial charge in [0.2, 0.25) is 0 Å². The molecule has 0 radical (unpaired) electrons. The molecule has 1 nitrogen and oxygen atoms in total. The third kappa shape index (κ3) is 0.576. The molecule has 66 valence electrons. The van der Waals surface area contributed by atoms with E-state index in [0.717, 1.165) is 31.0 Å². The molecule has 0 amide bonds. The van der Waals surface area contributed by atoms with E-state index < -0.39 is 0 Å². The van der Waals surface area contributed by atoms with Gasteiger partial charge in [-0.15, -0.1) is 0 Å². The topological polar surface area (TPSA) is 9.23 Å². The highest BCUT2D eigenvalue weighted by Crippen LogP contribution is 2.66. The first-order chi connectivity index (χ1) is 5.88. The van der Waals surface area contributed by atoms with E-state index in [1.165, 1.54) is 12.8 Å². The van der Waals surface area contributed by atoms with E-state index in [4.69, 9.17) is 4.74 Å². The molecule has 1 spiro atoms. The van der Waals surface area contributed by atoms with Gasteiger partial charge in [0.15, 0.2) is 0 Å². The Morgan fingerprint density at radius 3 is 3.17 bits per heavy atom. The lowest BCUT2D eigenvalue weighted by molar-refractivity contribution is -0.0472. The van der Waals surface area contributed by atoms with Crippen molar-refractivity contribution in [1.29, 1.82) is 0 Å². The van der Waals surface area contributed by atoms with Crippen molar-refractivity contribution in [3.63, 3.8) is 0 Å². The Balaban J connectivity index is 1.82. The van der Waals surface area contributed by atoms with E-state index in [1.807, 2.05) is 0 Å². The number of hydrogen-bond donors (Lipinski definition) is 0. The van der Waals surface area contributed by atoms with E-state index >= 15 is 0 Å². The van der Waals surface area contributed by atoms with Crippen molar-refractivity contribution in [1.82, 2.24) is 0 Å². The van der Waals surface area contributed by atoms with Gasteiger partial charge in [0.05, 0.1) is 13.2 Å². The first-order valence-corrected chi connectivity index (χ1v) is 5.15. The summed E-state index contributed by atoms with van der Waals surface area (Å²) in [6, 6.07) is 0. The zero-order valence-electron chi connectivity index (χ0n) is 7.62. The van der Waals surface area contributed by atoms with Crippen LogP contribution in [-0.4, -0.2) is 13.2 Å². The molecule has 0 aromatic carbocycles. The first-order valence-electron chi connectivity index (χ1n) is 5.15. The predicted octanol–water partition coefficient (Wildman–Crippen LogP) is 2.24. The zero-order chi connectivity index (χ0) is 8.18. The molecule has 1 unspecified atom stereocenters. The van der Waals surface area contributed by atoms with Crippen LogP contribution in [0, 0.1) is 23.2 Å². The summed E-state index contributed by atoms with van der Waals surface area (Å²) in [5.41, 5.74) is 0.542. The Kier molecular flexibility index (Phi) is 1.27. The lowest BCUT2D eigenvalue weighted by atomic mass is 9.42. The highest BCUT2D eigenvalue weighted by Gasteiger charge is 2.65. The van der Waals surface area contributed by atoms with Crippen LogP contribution < -0.4 is 0 Å². The summed E-state index contributed by atoms with van der Waals surface area (Å²) in [7, 11) is 0. The van der Waals surface area contributed by atoms with Gasteiger partial charge in [-0.3, -0.25) is 0 Å². The van der Waals surface area contributed by atoms with Crippen LogP contribution in [0.3, 0.4) is 0 Å². The van der Waals surface area contributed by atoms with Crippen LogP contribution in [0.1, 0.15) is 19.8 Å². The van der Waals surface area contributed by atoms with Gasteiger partial charge in [0.1, 0.15) is 0 Å². The van der Waals surface area contributed by atoms with Gasteiger partial charge in [-0.05, 0) is 24.2 Å². The molecule has 2 fully saturated rings. The van der Waals surface area contributed by atoms with Gasteiger partial charge in [-0.1, -0.05) is 25.5 Å². The van der Waals surface area contributed by atoms with Crippen LogP contribution >= 0.6 is 0 Å². The van der Waals surface area contributed by atoms with Gasteiger partial charge in [-0.25, -0.2) is 0 Å². The van der Waals surface area contributed by atoms with E-state index in [1.54, 1.807) is 0 Å². The van der Waals surface area contributed by atoms with Crippen molar-refractivity contribution < 1.29 is 4.74 Å². The SMILES string of the molecule is CCC[C@H]1[C@@H]2C=CC23COC[C@@H]13. The number of hydrogen-bond acceptors (Lipinski definition) is 1. The average molecular weight is 164 g/mol. The normalized spacial score (nSPS) is 53.9. The Hall–Kier alpha value is -0.300. The number of allylic oxidation sites excluding steroid dienone is 1. The Morgan fingerprint density at radius 2 is 2.50 bits per heavy atom. The quantitative estimate of drug-likeness (QED) is 0.569. The van der Waals surface area contributed by atoms with Gasteiger partial charge in [0, 0.05) is 5.41 Å². The van der Waals surface area contributed by atoms with Crippen molar-refractivity contribution >= 4 is 0 Å². The van der Waals surface area contributed by atoms with Crippen molar-refractivity contribution in [2.75, 3.05) is 13.2 Å². The molecule has 0 bridgehead atoms. The standard InChI is InChI=1S/C11H16O/c1-2-3-8-9-4-5-11(9)7-12-6-10(8)11/h4-5,8-10H,2-3,6-7H2,1H3/t8-,9-,10-,11?/m0/s1. The van der Waals surface area contributed by atoms with Gasteiger partial charge >= 0.3 is 0 Å². The van der Waals surface area contributed by atoms with Crippen LogP contribution in [0.15, 0.2) is 12.2 Å². The molecule has 1 heteroatoms. The van der Waals surface area contributed by atoms with Crippen LogP contribution in [0.5, 0.6) is 0 Å². The second-order valence-corrected chi connectivity index (χ2v) is 4.57. The highest BCUT2D eigenvalue weighted by atomic mass is 16.5. The zero-order valence-corrected chi connectivity index (χ0v) is 7.62. The summed E-state index contributed by atoms with van der Waals surface area (Å²) >= 11 is 0. The van der Waals surface area contributed by atoms with Gasteiger partial charge in [-0.2, -0.15) is 0 Å². The minimum absolute atomic E-state index is 0.542. The molecule has 1 saturated carbocycles. The second-order valence-electron chi connectivity index (χ2n) is 4.57.